The number of ether oxygens (including phenoxy) is 1. The Kier molecular flexibility index (Phi) is 3.65. The second-order valence-electron chi connectivity index (χ2n) is 4.42. The smallest absolute Gasteiger partial charge is 0.306 e. The average molecular weight is 246 g/mol. The number of fused-ring (bicyclic) bond motifs is 1. The van der Waals surface area contributed by atoms with Crippen molar-refractivity contribution in [3.05, 3.63) is 29.1 Å². The van der Waals surface area contributed by atoms with Crippen LogP contribution in [0.15, 0.2) is 12.1 Å². The van der Waals surface area contributed by atoms with Crippen molar-refractivity contribution < 1.29 is 9.53 Å². The molecule has 0 unspecified atom stereocenters. The molecule has 4 heteroatoms. The Hall–Kier alpha value is -1.84. The number of aromatic nitrogens is 2. The molecule has 0 aliphatic carbocycles. The third-order valence-electron chi connectivity index (χ3n) is 2.94. The van der Waals surface area contributed by atoms with Gasteiger partial charge in [0, 0.05) is 17.8 Å². The molecular weight excluding hydrogens is 228 g/mol. The topological polar surface area (TPSA) is 55.0 Å². The van der Waals surface area contributed by atoms with E-state index in [9.17, 15) is 4.79 Å². The summed E-state index contributed by atoms with van der Waals surface area (Å²) in [6.45, 7) is 6.24. The Labute approximate surface area is 106 Å². The van der Waals surface area contributed by atoms with Gasteiger partial charge in [0.05, 0.1) is 17.6 Å². The minimum Gasteiger partial charge on any atom is -0.466 e. The molecule has 0 aliphatic heterocycles. The van der Waals surface area contributed by atoms with Crippen LogP contribution in [0.25, 0.3) is 11.0 Å². The van der Waals surface area contributed by atoms with Crippen LogP contribution in [0.4, 0.5) is 0 Å². The zero-order chi connectivity index (χ0) is 13.1. The number of rotatable bonds is 4. The lowest BCUT2D eigenvalue weighted by Crippen LogP contribution is -2.06. The summed E-state index contributed by atoms with van der Waals surface area (Å²) in [7, 11) is 0. The van der Waals surface area contributed by atoms with Crippen LogP contribution in [0.1, 0.15) is 30.3 Å². The van der Waals surface area contributed by atoms with E-state index in [-0.39, 0.29) is 5.97 Å². The number of carbonyl (C=O) groups excluding carboxylic acids is 1. The monoisotopic (exact) mass is 246 g/mol. The van der Waals surface area contributed by atoms with E-state index < -0.39 is 0 Å². The van der Waals surface area contributed by atoms with Crippen LogP contribution in [-0.2, 0) is 16.0 Å². The van der Waals surface area contributed by atoms with Crippen molar-refractivity contribution in [2.75, 3.05) is 6.61 Å². The molecule has 0 atom stereocenters. The number of aryl methyl sites for hydroxylation is 3. The molecule has 0 saturated carbocycles. The molecule has 2 aromatic rings. The van der Waals surface area contributed by atoms with E-state index >= 15 is 0 Å². The van der Waals surface area contributed by atoms with Gasteiger partial charge in [-0.25, -0.2) is 0 Å². The van der Waals surface area contributed by atoms with Crippen molar-refractivity contribution in [2.24, 2.45) is 0 Å². The quantitative estimate of drug-likeness (QED) is 0.844. The third kappa shape index (κ3) is 2.70. The van der Waals surface area contributed by atoms with E-state index in [1.54, 1.807) is 0 Å². The molecule has 0 bridgehead atoms. The molecule has 0 spiro atoms. The largest absolute Gasteiger partial charge is 0.466 e. The first-order valence-corrected chi connectivity index (χ1v) is 6.21. The van der Waals surface area contributed by atoms with Crippen LogP contribution in [0.5, 0.6) is 0 Å². The lowest BCUT2D eigenvalue weighted by Gasteiger charge is -2.05. The summed E-state index contributed by atoms with van der Waals surface area (Å²) in [6, 6.07) is 4.10. The van der Waals surface area contributed by atoms with Crippen molar-refractivity contribution in [2.45, 2.75) is 33.6 Å². The maximum atomic E-state index is 11.3. The SMILES string of the molecule is CCOC(=O)CCc1cc2[nH]c(C)cc2nc1C. The second kappa shape index (κ2) is 5.21. The standard InChI is InChI=1S/C14H18N2O2/c1-4-18-14(17)6-5-11-8-13-12(16-10(11)3)7-9(2)15-13/h7-8,15H,4-6H2,1-3H3. The Morgan fingerprint density at radius 1 is 1.39 bits per heavy atom. The van der Waals surface area contributed by atoms with Gasteiger partial charge in [0.15, 0.2) is 0 Å². The molecule has 2 aromatic heterocycles. The van der Waals surface area contributed by atoms with Crippen LogP contribution in [-0.4, -0.2) is 22.5 Å². The fraction of sp³-hybridized carbons (Fsp3) is 0.429. The Morgan fingerprint density at radius 2 is 2.17 bits per heavy atom. The van der Waals surface area contributed by atoms with Gasteiger partial charge in [0.1, 0.15) is 0 Å². The zero-order valence-electron chi connectivity index (χ0n) is 11.0. The summed E-state index contributed by atoms with van der Waals surface area (Å²) in [5, 5.41) is 0. The summed E-state index contributed by atoms with van der Waals surface area (Å²) >= 11 is 0. The fourth-order valence-electron chi connectivity index (χ4n) is 2.05. The van der Waals surface area contributed by atoms with E-state index in [4.69, 9.17) is 4.74 Å². The molecule has 0 saturated heterocycles. The maximum absolute atomic E-state index is 11.3. The lowest BCUT2D eigenvalue weighted by atomic mass is 10.1. The van der Waals surface area contributed by atoms with Crippen molar-refractivity contribution >= 4 is 17.0 Å². The highest BCUT2D eigenvalue weighted by Gasteiger charge is 2.08. The minimum atomic E-state index is -0.153. The first-order chi connectivity index (χ1) is 8.60. The highest BCUT2D eigenvalue weighted by Crippen LogP contribution is 2.18. The zero-order valence-corrected chi connectivity index (χ0v) is 11.0. The number of hydrogen-bond acceptors (Lipinski definition) is 3. The van der Waals surface area contributed by atoms with Gasteiger partial charge < -0.3 is 9.72 Å². The summed E-state index contributed by atoms with van der Waals surface area (Å²) in [4.78, 5) is 19.1. The van der Waals surface area contributed by atoms with Gasteiger partial charge in [-0.2, -0.15) is 0 Å². The van der Waals surface area contributed by atoms with E-state index in [1.165, 1.54) is 0 Å². The molecule has 0 aromatic carbocycles. The summed E-state index contributed by atoms with van der Waals surface area (Å²) in [5.74, 6) is -0.153. The first-order valence-electron chi connectivity index (χ1n) is 6.21. The molecule has 0 radical (unpaired) electrons. The number of carbonyl (C=O) groups is 1. The van der Waals surface area contributed by atoms with Gasteiger partial charge in [-0.05, 0) is 44.9 Å². The van der Waals surface area contributed by atoms with Crippen molar-refractivity contribution in [3.8, 4) is 0 Å². The molecule has 2 rings (SSSR count). The van der Waals surface area contributed by atoms with Crippen molar-refractivity contribution in [1.82, 2.24) is 9.97 Å². The molecule has 4 nitrogen and oxygen atoms in total. The number of esters is 1. The molecule has 18 heavy (non-hydrogen) atoms. The normalized spacial score (nSPS) is 10.8. The van der Waals surface area contributed by atoms with Crippen LogP contribution in [0.2, 0.25) is 0 Å². The number of hydrogen-bond donors (Lipinski definition) is 1. The van der Waals surface area contributed by atoms with Gasteiger partial charge in [0.2, 0.25) is 0 Å². The molecule has 0 amide bonds. The molecule has 1 N–H and O–H groups in total. The minimum absolute atomic E-state index is 0.153. The van der Waals surface area contributed by atoms with Gasteiger partial charge >= 0.3 is 5.97 Å². The van der Waals surface area contributed by atoms with E-state index in [1.807, 2.05) is 26.8 Å². The van der Waals surface area contributed by atoms with Crippen LogP contribution in [0, 0.1) is 13.8 Å². The molecule has 96 valence electrons. The second-order valence-corrected chi connectivity index (χ2v) is 4.42. The number of nitrogens with one attached hydrogen (secondary N) is 1. The van der Waals surface area contributed by atoms with E-state index in [0.29, 0.717) is 19.4 Å². The molecule has 0 aliphatic rings. The highest BCUT2D eigenvalue weighted by molar-refractivity contribution is 5.77. The van der Waals surface area contributed by atoms with Gasteiger partial charge in [-0.1, -0.05) is 0 Å². The summed E-state index contributed by atoms with van der Waals surface area (Å²) in [5.41, 5.74) is 5.17. The van der Waals surface area contributed by atoms with Gasteiger partial charge in [-0.15, -0.1) is 0 Å². The van der Waals surface area contributed by atoms with Crippen LogP contribution < -0.4 is 0 Å². The molecule has 2 heterocycles. The predicted molar refractivity (Wildman–Crippen MR) is 70.5 cm³/mol. The summed E-state index contributed by atoms with van der Waals surface area (Å²) in [6.07, 6.45) is 1.08. The Balaban J connectivity index is 2.17. The Bertz CT molecular complexity index is 572. The number of pyridine rings is 1. The molecule has 0 fully saturated rings. The number of H-pyrrole nitrogens is 1. The van der Waals surface area contributed by atoms with Crippen LogP contribution in [0.3, 0.4) is 0 Å². The van der Waals surface area contributed by atoms with Gasteiger partial charge in [-0.3, -0.25) is 9.78 Å². The summed E-state index contributed by atoms with van der Waals surface area (Å²) < 4.78 is 4.93. The predicted octanol–water partition coefficient (Wildman–Crippen LogP) is 2.68. The van der Waals surface area contributed by atoms with E-state index in [0.717, 1.165) is 28.0 Å². The lowest BCUT2D eigenvalue weighted by molar-refractivity contribution is -0.143. The van der Waals surface area contributed by atoms with Crippen LogP contribution >= 0.6 is 0 Å². The Morgan fingerprint density at radius 3 is 2.89 bits per heavy atom. The van der Waals surface area contributed by atoms with E-state index in [2.05, 4.69) is 16.0 Å². The number of aromatic amines is 1. The van der Waals surface area contributed by atoms with Crippen molar-refractivity contribution in [1.29, 1.82) is 0 Å². The first kappa shape index (κ1) is 12.6. The third-order valence-corrected chi connectivity index (χ3v) is 2.94. The average Bonchev–Trinajstić information content (AvgIpc) is 2.65. The molecular formula is C14H18N2O2. The fourth-order valence-corrected chi connectivity index (χ4v) is 2.05. The maximum Gasteiger partial charge on any atom is 0.306 e. The van der Waals surface area contributed by atoms with Gasteiger partial charge in [0.25, 0.3) is 0 Å². The highest BCUT2D eigenvalue weighted by atomic mass is 16.5. The number of nitrogens with zero attached hydrogens (tertiary/aromatic N) is 1. The van der Waals surface area contributed by atoms with Crippen molar-refractivity contribution in [3.63, 3.8) is 0 Å².